The summed E-state index contributed by atoms with van der Waals surface area (Å²) in [5.41, 5.74) is 6.93. The predicted octanol–water partition coefficient (Wildman–Crippen LogP) is 3.23. The maximum atomic E-state index is 5.69. The SMILES string of the molecule is CC/C=C(N)\C=C/CC(C)(C)C. The molecule has 1 nitrogen and oxygen atoms in total. The van der Waals surface area contributed by atoms with E-state index in [9.17, 15) is 0 Å². The molecule has 0 bridgehead atoms. The Morgan fingerprint density at radius 3 is 2.33 bits per heavy atom. The standard InChI is InChI=1S/C11H21N/c1-5-7-10(12)8-6-9-11(2,3)4/h6-8H,5,9,12H2,1-4H3/b8-6-,10-7+. The number of rotatable bonds is 3. The Hall–Kier alpha value is -0.720. The molecule has 0 aliphatic carbocycles. The zero-order valence-electron chi connectivity index (χ0n) is 8.72. The van der Waals surface area contributed by atoms with E-state index in [0.717, 1.165) is 18.5 Å². The molecule has 2 N–H and O–H groups in total. The lowest BCUT2D eigenvalue weighted by molar-refractivity contribution is 0.420. The van der Waals surface area contributed by atoms with Crippen molar-refractivity contribution in [3.63, 3.8) is 0 Å². The van der Waals surface area contributed by atoms with E-state index in [0.29, 0.717) is 5.41 Å². The third-order valence-electron chi connectivity index (χ3n) is 1.48. The highest BCUT2D eigenvalue weighted by molar-refractivity contribution is 5.14. The third kappa shape index (κ3) is 7.39. The molecule has 0 saturated heterocycles. The molecule has 0 aromatic carbocycles. The minimum absolute atomic E-state index is 0.364. The Kier molecular flexibility index (Phi) is 4.72. The van der Waals surface area contributed by atoms with Crippen LogP contribution in [0.5, 0.6) is 0 Å². The highest BCUT2D eigenvalue weighted by Crippen LogP contribution is 2.18. The van der Waals surface area contributed by atoms with Gasteiger partial charge in [0.05, 0.1) is 0 Å². The molecule has 0 spiro atoms. The first-order valence-corrected chi connectivity index (χ1v) is 4.58. The van der Waals surface area contributed by atoms with Gasteiger partial charge >= 0.3 is 0 Å². The largest absolute Gasteiger partial charge is 0.399 e. The highest BCUT2D eigenvalue weighted by Gasteiger charge is 2.05. The van der Waals surface area contributed by atoms with Gasteiger partial charge in [0.15, 0.2) is 0 Å². The van der Waals surface area contributed by atoms with Crippen molar-refractivity contribution >= 4 is 0 Å². The molecule has 70 valence electrons. The second-order valence-electron chi connectivity index (χ2n) is 4.28. The maximum absolute atomic E-state index is 5.69. The normalized spacial score (nSPS) is 14.2. The average Bonchev–Trinajstić information content (AvgIpc) is 1.84. The van der Waals surface area contributed by atoms with Crippen molar-refractivity contribution < 1.29 is 0 Å². The lowest BCUT2D eigenvalue weighted by Crippen LogP contribution is -2.02. The molecule has 0 aliphatic heterocycles. The van der Waals surface area contributed by atoms with Crippen LogP contribution in [0, 0.1) is 5.41 Å². The van der Waals surface area contributed by atoms with Gasteiger partial charge in [0.2, 0.25) is 0 Å². The second-order valence-corrected chi connectivity index (χ2v) is 4.28. The van der Waals surface area contributed by atoms with Crippen LogP contribution in [0.15, 0.2) is 23.9 Å². The van der Waals surface area contributed by atoms with E-state index in [1.165, 1.54) is 0 Å². The topological polar surface area (TPSA) is 26.0 Å². The fraction of sp³-hybridized carbons (Fsp3) is 0.636. The Morgan fingerprint density at radius 2 is 1.92 bits per heavy atom. The molecule has 0 atom stereocenters. The molecule has 12 heavy (non-hydrogen) atoms. The molecule has 0 amide bonds. The van der Waals surface area contributed by atoms with E-state index in [1.54, 1.807) is 0 Å². The van der Waals surface area contributed by atoms with E-state index in [1.807, 2.05) is 12.2 Å². The zero-order chi connectivity index (χ0) is 9.61. The molecule has 0 unspecified atom stereocenters. The summed E-state index contributed by atoms with van der Waals surface area (Å²) >= 11 is 0. The van der Waals surface area contributed by atoms with Crippen molar-refractivity contribution in [1.29, 1.82) is 0 Å². The lowest BCUT2D eigenvalue weighted by atomic mass is 9.92. The summed E-state index contributed by atoms with van der Waals surface area (Å²) in [5.74, 6) is 0. The van der Waals surface area contributed by atoms with Crippen LogP contribution < -0.4 is 5.73 Å². The molecule has 0 radical (unpaired) electrons. The van der Waals surface area contributed by atoms with Gasteiger partial charge < -0.3 is 5.73 Å². The molecule has 1 heteroatoms. The monoisotopic (exact) mass is 167 g/mol. The summed E-state index contributed by atoms with van der Waals surface area (Å²) in [6, 6.07) is 0. The van der Waals surface area contributed by atoms with E-state index in [-0.39, 0.29) is 0 Å². The Balaban J connectivity index is 3.85. The minimum Gasteiger partial charge on any atom is -0.399 e. The van der Waals surface area contributed by atoms with Crippen molar-refractivity contribution in [2.45, 2.75) is 40.5 Å². The van der Waals surface area contributed by atoms with E-state index < -0.39 is 0 Å². The van der Waals surface area contributed by atoms with Crippen molar-refractivity contribution in [2.24, 2.45) is 11.1 Å². The van der Waals surface area contributed by atoms with Gasteiger partial charge in [-0.25, -0.2) is 0 Å². The first-order valence-electron chi connectivity index (χ1n) is 4.58. The van der Waals surface area contributed by atoms with Crippen molar-refractivity contribution in [1.82, 2.24) is 0 Å². The van der Waals surface area contributed by atoms with E-state index in [2.05, 4.69) is 33.8 Å². The smallest absolute Gasteiger partial charge is 0.0270 e. The summed E-state index contributed by atoms with van der Waals surface area (Å²) in [4.78, 5) is 0. The van der Waals surface area contributed by atoms with Gasteiger partial charge in [0.25, 0.3) is 0 Å². The van der Waals surface area contributed by atoms with Crippen molar-refractivity contribution in [3.05, 3.63) is 23.9 Å². The molecule has 0 aromatic heterocycles. The van der Waals surface area contributed by atoms with Crippen LogP contribution >= 0.6 is 0 Å². The first-order chi connectivity index (χ1) is 5.45. The van der Waals surface area contributed by atoms with Crippen LogP contribution in [0.2, 0.25) is 0 Å². The van der Waals surface area contributed by atoms with Gasteiger partial charge in [-0.1, -0.05) is 39.8 Å². The summed E-state index contributed by atoms with van der Waals surface area (Å²) in [6.07, 6.45) is 8.24. The van der Waals surface area contributed by atoms with Crippen LogP contribution in [-0.4, -0.2) is 0 Å². The Labute approximate surface area is 76.3 Å². The molecule has 0 fully saturated rings. The summed E-state index contributed by atoms with van der Waals surface area (Å²) in [6.45, 7) is 8.75. The Bertz CT molecular complexity index is 170. The Morgan fingerprint density at radius 1 is 1.33 bits per heavy atom. The van der Waals surface area contributed by atoms with Gasteiger partial charge in [-0.3, -0.25) is 0 Å². The van der Waals surface area contributed by atoms with Gasteiger partial charge in [-0.05, 0) is 24.3 Å². The molecular weight excluding hydrogens is 146 g/mol. The fourth-order valence-electron chi connectivity index (χ4n) is 0.852. The number of hydrogen-bond acceptors (Lipinski definition) is 1. The van der Waals surface area contributed by atoms with E-state index >= 15 is 0 Å². The minimum atomic E-state index is 0.364. The quantitative estimate of drug-likeness (QED) is 0.642. The van der Waals surface area contributed by atoms with E-state index in [4.69, 9.17) is 5.73 Å². The zero-order valence-corrected chi connectivity index (χ0v) is 8.72. The third-order valence-corrected chi connectivity index (χ3v) is 1.48. The van der Waals surface area contributed by atoms with Crippen molar-refractivity contribution in [2.75, 3.05) is 0 Å². The predicted molar refractivity (Wildman–Crippen MR) is 55.8 cm³/mol. The van der Waals surface area contributed by atoms with Crippen LogP contribution in [0.1, 0.15) is 40.5 Å². The van der Waals surface area contributed by atoms with Gasteiger partial charge in [-0.2, -0.15) is 0 Å². The number of nitrogens with two attached hydrogens (primary N) is 1. The summed E-state index contributed by atoms with van der Waals surface area (Å²) in [7, 11) is 0. The second kappa shape index (κ2) is 5.02. The first kappa shape index (κ1) is 11.3. The lowest BCUT2D eigenvalue weighted by Gasteiger charge is -2.14. The summed E-state index contributed by atoms with van der Waals surface area (Å²) in [5, 5.41) is 0. The van der Waals surface area contributed by atoms with Gasteiger partial charge in [0.1, 0.15) is 0 Å². The molecule has 0 saturated carbocycles. The van der Waals surface area contributed by atoms with Crippen LogP contribution in [0.25, 0.3) is 0 Å². The van der Waals surface area contributed by atoms with Crippen LogP contribution in [0.3, 0.4) is 0 Å². The van der Waals surface area contributed by atoms with Crippen LogP contribution in [0.4, 0.5) is 0 Å². The number of hydrogen-bond donors (Lipinski definition) is 1. The maximum Gasteiger partial charge on any atom is 0.0270 e. The van der Waals surface area contributed by atoms with Crippen LogP contribution in [-0.2, 0) is 0 Å². The number of allylic oxidation sites excluding steroid dienone is 3. The average molecular weight is 167 g/mol. The molecule has 0 aromatic rings. The molecule has 0 rings (SSSR count). The fourth-order valence-corrected chi connectivity index (χ4v) is 0.852. The van der Waals surface area contributed by atoms with Gasteiger partial charge in [0, 0.05) is 5.70 Å². The summed E-state index contributed by atoms with van der Waals surface area (Å²) < 4.78 is 0. The molecule has 0 heterocycles. The molecular formula is C11H21N. The van der Waals surface area contributed by atoms with Crippen molar-refractivity contribution in [3.8, 4) is 0 Å². The highest BCUT2D eigenvalue weighted by atomic mass is 14.5. The molecule has 0 aliphatic rings. The van der Waals surface area contributed by atoms with Gasteiger partial charge in [-0.15, -0.1) is 0 Å².